The second-order valence-electron chi connectivity index (χ2n) is 6.41. The lowest BCUT2D eigenvalue weighted by atomic mass is 9.75. The molecule has 6 heteroatoms. The first-order valence-electron chi connectivity index (χ1n) is 7.94. The minimum absolute atomic E-state index is 0.0717. The van der Waals surface area contributed by atoms with E-state index < -0.39 is 11.7 Å². The van der Waals surface area contributed by atoms with E-state index in [0.29, 0.717) is 12.1 Å². The van der Waals surface area contributed by atoms with Gasteiger partial charge in [0, 0.05) is 5.92 Å². The van der Waals surface area contributed by atoms with Crippen molar-refractivity contribution < 1.29 is 17.6 Å². The van der Waals surface area contributed by atoms with Crippen LogP contribution in [0.1, 0.15) is 35.1 Å². The number of anilines is 1. The average Bonchev–Trinajstić information content (AvgIpc) is 3.04. The fraction of sp³-hybridized carbons (Fsp3) is 0.263. The van der Waals surface area contributed by atoms with Crippen molar-refractivity contribution in [3.63, 3.8) is 0 Å². The van der Waals surface area contributed by atoms with Gasteiger partial charge in [-0.15, -0.1) is 0 Å². The normalized spacial score (nSPS) is 24.6. The predicted octanol–water partition coefficient (Wildman–Crippen LogP) is 6.32. The van der Waals surface area contributed by atoms with E-state index in [4.69, 9.17) is 11.6 Å². The number of fused-ring (bicyclic) bond motifs is 3. The molecule has 0 fully saturated rings. The summed E-state index contributed by atoms with van der Waals surface area (Å²) in [7, 11) is 0. The van der Waals surface area contributed by atoms with Crippen molar-refractivity contribution in [3.05, 3.63) is 76.1 Å². The lowest BCUT2D eigenvalue weighted by Gasteiger charge is -2.39. The Morgan fingerprint density at radius 2 is 1.76 bits per heavy atom. The molecule has 0 saturated carbocycles. The molecule has 1 aliphatic carbocycles. The lowest BCUT2D eigenvalue weighted by Crippen LogP contribution is -2.31. The lowest BCUT2D eigenvalue weighted by molar-refractivity contribution is -0.138. The zero-order chi connectivity index (χ0) is 17.8. The van der Waals surface area contributed by atoms with Crippen LogP contribution in [0.5, 0.6) is 0 Å². The Bertz CT molecular complexity index is 842. The zero-order valence-corrected chi connectivity index (χ0v) is 13.7. The van der Waals surface area contributed by atoms with Crippen LogP contribution in [0.25, 0.3) is 0 Å². The van der Waals surface area contributed by atoms with Crippen LogP contribution in [0.15, 0.2) is 48.6 Å². The van der Waals surface area contributed by atoms with Crippen molar-refractivity contribution in [3.8, 4) is 0 Å². The molecule has 2 aliphatic rings. The second kappa shape index (κ2) is 5.77. The third-order valence-corrected chi connectivity index (χ3v) is 5.32. The zero-order valence-electron chi connectivity index (χ0n) is 12.9. The first-order chi connectivity index (χ1) is 11.9. The monoisotopic (exact) mass is 367 g/mol. The highest BCUT2D eigenvalue weighted by atomic mass is 35.5. The summed E-state index contributed by atoms with van der Waals surface area (Å²) in [4.78, 5) is 0. The Morgan fingerprint density at radius 1 is 1.04 bits per heavy atom. The van der Waals surface area contributed by atoms with Gasteiger partial charge < -0.3 is 5.32 Å². The number of allylic oxidation sites excluding steroid dienone is 2. The van der Waals surface area contributed by atoms with Crippen molar-refractivity contribution >= 4 is 17.3 Å². The van der Waals surface area contributed by atoms with E-state index in [-0.39, 0.29) is 34.3 Å². The van der Waals surface area contributed by atoms with Crippen LogP contribution >= 0.6 is 11.6 Å². The largest absolute Gasteiger partial charge is 0.416 e. The molecule has 0 unspecified atom stereocenters. The maximum atomic E-state index is 13.5. The minimum atomic E-state index is -4.44. The molecule has 0 bridgehead atoms. The number of rotatable bonds is 1. The summed E-state index contributed by atoms with van der Waals surface area (Å²) in [6.07, 6.45) is -0.0564. The second-order valence-corrected chi connectivity index (χ2v) is 6.82. The maximum absolute atomic E-state index is 13.5. The van der Waals surface area contributed by atoms with Crippen molar-refractivity contribution in [2.75, 3.05) is 5.32 Å². The number of alkyl halides is 3. The molecule has 3 atom stereocenters. The van der Waals surface area contributed by atoms with Crippen molar-refractivity contribution in [2.24, 2.45) is 5.92 Å². The van der Waals surface area contributed by atoms with E-state index in [2.05, 4.69) is 5.32 Å². The molecule has 4 rings (SSSR count). The molecule has 1 N–H and O–H groups in total. The van der Waals surface area contributed by atoms with Gasteiger partial charge in [0.15, 0.2) is 0 Å². The fourth-order valence-corrected chi connectivity index (χ4v) is 4.14. The van der Waals surface area contributed by atoms with Gasteiger partial charge in [0.1, 0.15) is 5.82 Å². The van der Waals surface area contributed by atoms with Gasteiger partial charge in [0.2, 0.25) is 0 Å². The summed E-state index contributed by atoms with van der Waals surface area (Å²) in [6.45, 7) is 0. The molecule has 0 saturated heterocycles. The quantitative estimate of drug-likeness (QED) is 0.459. The molecule has 1 heterocycles. The molecule has 0 radical (unpaired) electrons. The molecular formula is C19H14ClF4N. The van der Waals surface area contributed by atoms with E-state index in [1.54, 1.807) is 12.1 Å². The predicted molar refractivity (Wildman–Crippen MR) is 89.2 cm³/mol. The summed E-state index contributed by atoms with van der Waals surface area (Å²) < 4.78 is 53.7. The Morgan fingerprint density at radius 3 is 2.44 bits per heavy atom. The van der Waals surface area contributed by atoms with Crippen LogP contribution < -0.4 is 5.32 Å². The highest BCUT2D eigenvalue weighted by molar-refractivity contribution is 6.33. The Balaban J connectivity index is 1.87. The Labute approximate surface area is 147 Å². The molecular weight excluding hydrogens is 354 g/mol. The Hall–Kier alpha value is -2.01. The van der Waals surface area contributed by atoms with Gasteiger partial charge >= 0.3 is 6.18 Å². The number of benzene rings is 2. The van der Waals surface area contributed by atoms with Gasteiger partial charge in [-0.3, -0.25) is 0 Å². The highest BCUT2D eigenvalue weighted by Crippen LogP contribution is 2.54. The summed E-state index contributed by atoms with van der Waals surface area (Å²) >= 11 is 6.22. The molecule has 2 aromatic carbocycles. The van der Waals surface area contributed by atoms with E-state index in [1.165, 1.54) is 18.2 Å². The van der Waals surface area contributed by atoms with Gasteiger partial charge in [-0.2, -0.15) is 13.2 Å². The van der Waals surface area contributed by atoms with Gasteiger partial charge in [0.05, 0.1) is 22.3 Å². The molecule has 130 valence electrons. The van der Waals surface area contributed by atoms with Crippen LogP contribution in [-0.4, -0.2) is 0 Å². The minimum Gasteiger partial charge on any atom is -0.376 e. The first-order valence-corrected chi connectivity index (χ1v) is 8.32. The van der Waals surface area contributed by atoms with Crippen molar-refractivity contribution in [2.45, 2.75) is 24.6 Å². The standard InChI is InChI=1S/C19H14ClF4N/c20-15-9-8-14(19(22,23)24)16-12-2-1-3-13(12)17(25-18(15)16)10-4-6-11(21)7-5-10/h1-2,4-9,12-13,17,25H,3H2/t12-,13-,17+/m1/s1. The number of hydrogen-bond donors (Lipinski definition) is 1. The van der Waals surface area contributed by atoms with E-state index in [0.717, 1.165) is 11.6 Å². The van der Waals surface area contributed by atoms with Crippen molar-refractivity contribution in [1.82, 2.24) is 0 Å². The summed E-state index contributed by atoms with van der Waals surface area (Å²) in [5, 5.41) is 3.45. The molecule has 25 heavy (non-hydrogen) atoms. The molecule has 1 aliphatic heterocycles. The molecule has 2 aromatic rings. The average molecular weight is 368 g/mol. The topological polar surface area (TPSA) is 12.0 Å². The maximum Gasteiger partial charge on any atom is 0.416 e. The van der Waals surface area contributed by atoms with Crippen LogP contribution in [0.4, 0.5) is 23.2 Å². The first kappa shape index (κ1) is 16.5. The molecule has 0 spiro atoms. The van der Waals surface area contributed by atoms with Crippen LogP contribution in [0.2, 0.25) is 5.02 Å². The van der Waals surface area contributed by atoms with E-state index in [9.17, 15) is 17.6 Å². The molecule has 0 aromatic heterocycles. The van der Waals surface area contributed by atoms with Gasteiger partial charge in [-0.05, 0) is 47.7 Å². The fourth-order valence-electron chi connectivity index (χ4n) is 3.92. The molecule has 1 nitrogen and oxygen atoms in total. The van der Waals surface area contributed by atoms with Gasteiger partial charge in [-0.1, -0.05) is 35.9 Å². The molecule has 0 amide bonds. The number of hydrogen-bond acceptors (Lipinski definition) is 1. The van der Waals surface area contributed by atoms with Crippen molar-refractivity contribution in [1.29, 1.82) is 0 Å². The Kier molecular flexibility index (Phi) is 3.80. The van der Waals surface area contributed by atoms with E-state index in [1.807, 2.05) is 12.2 Å². The van der Waals surface area contributed by atoms with Gasteiger partial charge in [0.25, 0.3) is 0 Å². The summed E-state index contributed by atoms with van der Waals surface area (Å²) in [5.74, 6) is -0.794. The van der Waals surface area contributed by atoms with Crippen LogP contribution in [0, 0.1) is 11.7 Å². The van der Waals surface area contributed by atoms with Crippen LogP contribution in [0.3, 0.4) is 0 Å². The van der Waals surface area contributed by atoms with E-state index >= 15 is 0 Å². The number of halogens is 5. The smallest absolute Gasteiger partial charge is 0.376 e. The van der Waals surface area contributed by atoms with Crippen LogP contribution in [-0.2, 0) is 6.18 Å². The summed E-state index contributed by atoms with van der Waals surface area (Å²) in [5.41, 5.74) is 0.702. The highest BCUT2D eigenvalue weighted by Gasteiger charge is 2.44. The third-order valence-electron chi connectivity index (χ3n) is 5.00. The summed E-state index contributed by atoms with van der Waals surface area (Å²) in [6, 6.07) is 8.13. The number of nitrogens with one attached hydrogen (secondary N) is 1. The third kappa shape index (κ3) is 2.71. The SMILES string of the molecule is Fc1ccc([C@@H]2Nc3c(Cl)ccc(C(F)(F)F)c3[C@@H]3C=CC[C@H]32)cc1. The van der Waals surface area contributed by atoms with Gasteiger partial charge in [-0.25, -0.2) is 4.39 Å².